The van der Waals surface area contributed by atoms with Crippen molar-refractivity contribution in [1.29, 1.82) is 0 Å². The van der Waals surface area contributed by atoms with Gasteiger partial charge in [-0.15, -0.1) is 0 Å². The van der Waals surface area contributed by atoms with E-state index in [9.17, 15) is 13.2 Å². The molecule has 0 saturated heterocycles. The van der Waals surface area contributed by atoms with Gasteiger partial charge < -0.3 is 9.73 Å². The van der Waals surface area contributed by atoms with Crippen molar-refractivity contribution in [3.63, 3.8) is 0 Å². The molecule has 0 bridgehead atoms. The fourth-order valence-corrected chi connectivity index (χ4v) is 4.33. The molecule has 1 saturated carbocycles. The van der Waals surface area contributed by atoms with Crippen LogP contribution in [-0.4, -0.2) is 20.4 Å². The molecule has 1 aromatic carbocycles. The molecule has 1 amide bonds. The van der Waals surface area contributed by atoms with Crippen molar-refractivity contribution < 1.29 is 17.6 Å². The molecule has 2 aromatic rings. The Morgan fingerprint density at radius 1 is 1.12 bits per heavy atom. The normalized spacial score (nSPS) is 15.5. The zero-order valence-electron chi connectivity index (χ0n) is 13.0. The molecule has 0 aliphatic heterocycles. The number of amides is 1. The lowest BCUT2D eigenvalue weighted by atomic mass is 10.2. The molecule has 24 heavy (non-hydrogen) atoms. The van der Waals surface area contributed by atoms with Crippen molar-refractivity contribution in [3.05, 3.63) is 52.4 Å². The predicted octanol–water partition coefficient (Wildman–Crippen LogP) is 3.69. The van der Waals surface area contributed by atoms with Crippen molar-refractivity contribution in [1.82, 2.24) is 5.32 Å². The molecule has 7 heteroatoms. The van der Waals surface area contributed by atoms with Gasteiger partial charge >= 0.3 is 0 Å². The van der Waals surface area contributed by atoms with Crippen molar-refractivity contribution in [2.24, 2.45) is 0 Å². The first-order valence-corrected chi connectivity index (χ1v) is 10.3. The van der Waals surface area contributed by atoms with E-state index in [1.165, 1.54) is 18.2 Å². The number of carbonyl (C=O) groups excluding carboxylic acids is 1. The second kappa shape index (κ2) is 7.11. The summed E-state index contributed by atoms with van der Waals surface area (Å²) < 4.78 is 31.0. The summed E-state index contributed by atoms with van der Waals surface area (Å²) >= 11 is 3.28. The number of halogens is 1. The summed E-state index contributed by atoms with van der Waals surface area (Å²) in [6, 6.07) is 9.69. The van der Waals surface area contributed by atoms with Gasteiger partial charge in [0.25, 0.3) is 5.91 Å². The van der Waals surface area contributed by atoms with Crippen LogP contribution in [0.5, 0.6) is 0 Å². The maximum atomic E-state index is 12.4. The fraction of sp³-hybridized carbons (Fsp3) is 0.353. The molecule has 1 aliphatic carbocycles. The minimum absolute atomic E-state index is 0.155. The molecule has 3 rings (SSSR count). The second-order valence-corrected chi connectivity index (χ2v) is 8.84. The Hall–Kier alpha value is -1.60. The van der Waals surface area contributed by atoms with E-state index in [-0.39, 0.29) is 34.1 Å². The summed E-state index contributed by atoms with van der Waals surface area (Å²) in [4.78, 5) is 12.3. The third-order valence-corrected chi connectivity index (χ3v) is 6.26. The number of carbonyl (C=O) groups is 1. The topological polar surface area (TPSA) is 76.4 Å². The van der Waals surface area contributed by atoms with E-state index >= 15 is 0 Å². The summed E-state index contributed by atoms with van der Waals surface area (Å²) in [6.07, 6.45) is 4.22. The maximum absolute atomic E-state index is 12.4. The van der Waals surface area contributed by atoms with Gasteiger partial charge in [-0.25, -0.2) is 8.42 Å². The number of furan rings is 1. The highest BCUT2D eigenvalue weighted by molar-refractivity contribution is 9.10. The average Bonchev–Trinajstić information content (AvgIpc) is 3.19. The Bertz CT molecular complexity index is 821. The number of rotatable bonds is 5. The number of nitrogens with one attached hydrogen (secondary N) is 1. The molecule has 1 fully saturated rings. The highest BCUT2D eigenvalue weighted by atomic mass is 79.9. The summed E-state index contributed by atoms with van der Waals surface area (Å²) in [5.74, 6) is -0.141. The number of sulfone groups is 1. The largest absolute Gasteiger partial charge is 0.455 e. The van der Waals surface area contributed by atoms with Crippen LogP contribution in [0.2, 0.25) is 0 Å². The van der Waals surface area contributed by atoms with Gasteiger partial charge in [0.05, 0.1) is 4.90 Å². The van der Waals surface area contributed by atoms with E-state index < -0.39 is 9.84 Å². The van der Waals surface area contributed by atoms with E-state index in [4.69, 9.17) is 4.42 Å². The number of benzene rings is 1. The van der Waals surface area contributed by atoms with Gasteiger partial charge in [-0.1, -0.05) is 28.8 Å². The van der Waals surface area contributed by atoms with Crippen LogP contribution in [-0.2, 0) is 15.6 Å². The zero-order valence-corrected chi connectivity index (χ0v) is 15.4. The first kappa shape index (κ1) is 17.2. The van der Waals surface area contributed by atoms with Crippen LogP contribution in [0.25, 0.3) is 0 Å². The average molecular weight is 412 g/mol. The Morgan fingerprint density at radius 2 is 1.79 bits per heavy atom. The molecule has 1 aliphatic rings. The quantitative estimate of drug-likeness (QED) is 0.813. The third-order valence-electron chi connectivity index (χ3n) is 4.08. The molecule has 0 unspecified atom stereocenters. The third kappa shape index (κ3) is 4.08. The monoisotopic (exact) mass is 411 g/mol. The van der Waals surface area contributed by atoms with E-state index in [0.717, 1.165) is 30.2 Å². The van der Waals surface area contributed by atoms with E-state index in [1.807, 2.05) is 0 Å². The van der Waals surface area contributed by atoms with Gasteiger partial charge in [0.15, 0.2) is 15.6 Å². The summed E-state index contributed by atoms with van der Waals surface area (Å²) in [7, 11) is -3.51. The summed E-state index contributed by atoms with van der Waals surface area (Å²) in [5, 5.41) is 2.92. The Morgan fingerprint density at radius 3 is 2.46 bits per heavy atom. The van der Waals surface area contributed by atoms with Crippen molar-refractivity contribution in [2.75, 3.05) is 0 Å². The minimum atomic E-state index is -3.51. The number of hydrogen-bond donors (Lipinski definition) is 1. The summed E-state index contributed by atoms with van der Waals surface area (Å²) in [5.41, 5.74) is 0. The molecule has 5 nitrogen and oxygen atoms in total. The maximum Gasteiger partial charge on any atom is 0.287 e. The van der Waals surface area contributed by atoms with Crippen LogP contribution in [0.15, 0.2) is 50.2 Å². The van der Waals surface area contributed by atoms with Crippen molar-refractivity contribution in [3.8, 4) is 0 Å². The minimum Gasteiger partial charge on any atom is -0.455 e. The first-order chi connectivity index (χ1) is 11.4. The molecule has 1 heterocycles. The van der Waals surface area contributed by atoms with E-state index in [2.05, 4.69) is 21.2 Å². The highest BCUT2D eigenvalue weighted by Gasteiger charge is 2.22. The van der Waals surface area contributed by atoms with E-state index in [0.29, 0.717) is 0 Å². The lowest BCUT2D eigenvalue weighted by Crippen LogP contribution is -2.32. The van der Waals surface area contributed by atoms with Crippen LogP contribution in [0.3, 0.4) is 0 Å². The smallest absolute Gasteiger partial charge is 0.287 e. The van der Waals surface area contributed by atoms with Gasteiger partial charge in [-0.3, -0.25) is 4.79 Å². The standard InChI is InChI=1S/C17H18BrNO4S/c18-12-5-8-15(9-6-12)24(21,22)11-14-7-10-16(23-14)17(20)19-13-3-1-2-4-13/h5-10,13H,1-4,11H2,(H,19,20). The Labute approximate surface area is 149 Å². The van der Waals surface area contributed by atoms with Crippen LogP contribution < -0.4 is 5.32 Å². The molecule has 128 valence electrons. The Kier molecular flexibility index (Phi) is 5.10. The molecule has 0 radical (unpaired) electrons. The van der Waals surface area contributed by atoms with Gasteiger partial charge in [-0.05, 0) is 49.2 Å². The molecular weight excluding hydrogens is 394 g/mol. The SMILES string of the molecule is O=C(NC1CCCC1)c1ccc(CS(=O)(=O)c2ccc(Br)cc2)o1. The Balaban J connectivity index is 1.68. The molecule has 0 atom stereocenters. The predicted molar refractivity (Wildman–Crippen MR) is 93.5 cm³/mol. The summed E-state index contributed by atoms with van der Waals surface area (Å²) in [6.45, 7) is 0. The number of hydrogen-bond acceptors (Lipinski definition) is 4. The fourth-order valence-electron chi connectivity index (χ4n) is 2.82. The lowest BCUT2D eigenvalue weighted by molar-refractivity contribution is 0.0908. The van der Waals surface area contributed by atoms with Gasteiger partial charge in [-0.2, -0.15) is 0 Å². The van der Waals surface area contributed by atoms with Crippen LogP contribution in [0.1, 0.15) is 42.0 Å². The van der Waals surface area contributed by atoms with Gasteiger partial charge in [0.1, 0.15) is 11.5 Å². The van der Waals surface area contributed by atoms with Crippen LogP contribution in [0, 0.1) is 0 Å². The molecule has 1 N–H and O–H groups in total. The molecule has 1 aromatic heterocycles. The first-order valence-electron chi connectivity index (χ1n) is 7.82. The highest BCUT2D eigenvalue weighted by Crippen LogP contribution is 2.21. The van der Waals surface area contributed by atoms with Crippen LogP contribution >= 0.6 is 15.9 Å². The van der Waals surface area contributed by atoms with Crippen LogP contribution in [0.4, 0.5) is 0 Å². The van der Waals surface area contributed by atoms with Crippen molar-refractivity contribution >= 4 is 31.7 Å². The zero-order chi connectivity index (χ0) is 17.2. The molecule has 0 spiro atoms. The second-order valence-electron chi connectivity index (χ2n) is 5.93. The van der Waals surface area contributed by atoms with Gasteiger partial charge in [0.2, 0.25) is 0 Å². The lowest BCUT2D eigenvalue weighted by Gasteiger charge is -2.09. The van der Waals surface area contributed by atoms with Crippen molar-refractivity contribution in [2.45, 2.75) is 42.4 Å². The molecular formula is C17H18BrNO4S. The van der Waals surface area contributed by atoms with E-state index in [1.54, 1.807) is 18.2 Å². The van der Waals surface area contributed by atoms with Gasteiger partial charge in [0, 0.05) is 10.5 Å².